The van der Waals surface area contributed by atoms with Crippen LogP contribution in [0, 0.1) is 0 Å². The average molecular weight is 261 g/mol. The molecule has 6 heteroatoms. The van der Waals surface area contributed by atoms with Crippen LogP contribution in [0.15, 0.2) is 29.0 Å². The van der Waals surface area contributed by atoms with E-state index >= 15 is 0 Å². The highest BCUT2D eigenvalue weighted by Gasteiger charge is 2.15. The van der Waals surface area contributed by atoms with E-state index in [1.807, 2.05) is 13.8 Å². The van der Waals surface area contributed by atoms with E-state index in [1.54, 1.807) is 18.4 Å². The first-order chi connectivity index (χ1) is 9.08. The number of anilines is 1. The molecule has 2 rings (SSSR count). The van der Waals surface area contributed by atoms with Crippen molar-refractivity contribution < 1.29 is 14.3 Å². The van der Waals surface area contributed by atoms with Crippen molar-refractivity contribution in [3.63, 3.8) is 0 Å². The van der Waals surface area contributed by atoms with Crippen molar-refractivity contribution in [1.82, 2.24) is 9.97 Å². The van der Waals surface area contributed by atoms with E-state index in [0.717, 1.165) is 0 Å². The summed E-state index contributed by atoms with van der Waals surface area (Å²) < 4.78 is 5.18. The molecule has 2 aromatic rings. The number of nitrogens with zero attached hydrogens (tertiary/aromatic N) is 2. The van der Waals surface area contributed by atoms with Gasteiger partial charge < -0.3 is 14.8 Å². The van der Waals surface area contributed by atoms with Gasteiger partial charge in [0.25, 0.3) is 0 Å². The lowest BCUT2D eigenvalue weighted by Crippen LogP contribution is -2.11. The molecule has 2 heterocycles. The van der Waals surface area contributed by atoms with Gasteiger partial charge >= 0.3 is 5.97 Å². The molecule has 0 saturated heterocycles. The molecule has 0 unspecified atom stereocenters. The quantitative estimate of drug-likeness (QED) is 0.859. The summed E-state index contributed by atoms with van der Waals surface area (Å²) in [4.78, 5) is 19.4. The standard InChI is InChI=1S/C13H15N3O3/c1-8(2)11-15-7-10(13(17)18)12(16-11)14-6-9-4-3-5-19-9/h3-5,7-8H,6H2,1-2H3,(H,17,18)(H,14,15,16). The number of aromatic nitrogens is 2. The molecule has 6 nitrogen and oxygen atoms in total. The van der Waals surface area contributed by atoms with Gasteiger partial charge in [0, 0.05) is 12.1 Å². The molecule has 0 aromatic carbocycles. The van der Waals surface area contributed by atoms with Crippen LogP contribution in [-0.2, 0) is 6.54 Å². The lowest BCUT2D eigenvalue weighted by atomic mass is 10.2. The third-order valence-electron chi connectivity index (χ3n) is 2.56. The van der Waals surface area contributed by atoms with Crippen LogP contribution >= 0.6 is 0 Å². The maximum atomic E-state index is 11.1. The molecule has 0 atom stereocenters. The molecule has 100 valence electrons. The maximum absolute atomic E-state index is 11.1. The van der Waals surface area contributed by atoms with Gasteiger partial charge in [-0.25, -0.2) is 14.8 Å². The van der Waals surface area contributed by atoms with Crippen LogP contribution in [-0.4, -0.2) is 21.0 Å². The topological polar surface area (TPSA) is 88.2 Å². The number of aromatic carboxylic acids is 1. The SMILES string of the molecule is CC(C)c1ncc(C(=O)O)c(NCc2ccco2)n1. The van der Waals surface area contributed by atoms with E-state index in [0.29, 0.717) is 23.9 Å². The van der Waals surface area contributed by atoms with Gasteiger partial charge in [-0.2, -0.15) is 0 Å². The highest BCUT2D eigenvalue weighted by atomic mass is 16.4. The van der Waals surface area contributed by atoms with Crippen LogP contribution < -0.4 is 5.32 Å². The molecular formula is C13H15N3O3. The molecule has 0 amide bonds. The van der Waals surface area contributed by atoms with Gasteiger partial charge in [0.05, 0.1) is 12.8 Å². The van der Waals surface area contributed by atoms with E-state index in [9.17, 15) is 4.79 Å². The van der Waals surface area contributed by atoms with Gasteiger partial charge in [-0.1, -0.05) is 13.8 Å². The molecule has 0 bridgehead atoms. The summed E-state index contributed by atoms with van der Waals surface area (Å²) >= 11 is 0. The Morgan fingerprint density at radius 1 is 1.53 bits per heavy atom. The summed E-state index contributed by atoms with van der Waals surface area (Å²) in [5, 5.41) is 12.1. The second-order valence-corrected chi connectivity index (χ2v) is 4.38. The molecule has 0 aliphatic heterocycles. The molecule has 0 spiro atoms. The second kappa shape index (κ2) is 5.51. The smallest absolute Gasteiger partial charge is 0.341 e. The van der Waals surface area contributed by atoms with Crippen LogP contribution in [0.5, 0.6) is 0 Å². The lowest BCUT2D eigenvalue weighted by Gasteiger charge is -2.10. The average Bonchev–Trinajstić information content (AvgIpc) is 2.88. The van der Waals surface area contributed by atoms with Crippen LogP contribution in [0.25, 0.3) is 0 Å². The van der Waals surface area contributed by atoms with Gasteiger partial charge in [-0.05, 0) is 12.1 Å². The van der Waals surface area contributed by atoms with Crippen molar-refractivity contribution in [3.05, 3.63) is 41.7 Å². The minimum atomic E-state index is -1.06. The minimum absolute atomic E-state index is 0.0518. The van der Waals surface area contributed by atoms with Gasteiger partial charge in [0.1, 0.15) is 23.0 Å². The molecular weight excluding hydrogens is 246 g/mol. The Kier molecular flexibility index (Phi) is 3.79. The van der Waals surface area contributed by atoms with E-state index < -0.39 is 5.97 Å². The molecule has 19 heavy (non-hydrogen) atoms. The van der Waals surface area contributed by atoms with Gasteiger partial charge in [-0.3, -0.25) is 0 Å². The van der Waals surface area contributed by atoms with E-state index in [1.165, 1.54) is 6.20 Å². The van der Waals surface area contributed by atoms with Crippen LogP contribution in [0.3, 0.4) is 0 Å². The number of rotatable bonds is 5. The van der Waals surface area contributed by atoms with Crippen LogP contribution in [0.2, 0.25) is 0 Å². The number of nitrogens with one attached hydrogen (secondary N) is 1. The van der Waals surface area contributed by atoms with Crippen molar-refractivity contribution in [2.45, 2.75) is 26.3 Å². The van der Waals surface area contributed by atoms with E-state index in [4.69, 9.17) is 9.52 Å². The summed E-state index contributed by atoms with van der Waals surface area (Å²) in [6.07, 6.45) is 2.89. The molecule has 2 N–H and O–H groups in total. The molecule has 0 aliphatic carbocycles. The summed E-state index contributed by atoms with van der Waals surface area (Å²) in [7, 11) is 0. The monoisotopic (exact) mass is 261 g/mol. The lowest BCUT2D eigenvalue weighted by molar-refractivity contribution is 0.0697. The Labute approximate surface area is 110 Å². The van der Waals surface area contributed by atoms with Crippen molar-refractivity contribution in [1.29, 1.82) is 0 Å². The zero-order chi connectivity index (χ0) is 13.8. The number of hydrogen-bond acceptors (Lipinski definition) is 5. The fourth-order valence-electron chi connectivity index (χ4n) is 1.55. The predicted molar refractivity (Wildman–Crippen MR) is 69.1 cm³/mol. The normalized spacial score (nSPS) is 10.7. The molecule has 2 aromatic heterocycles. The van der Waals surface area contributed by atoms with Crippen LogP contribution in [0.1, 0.15) is 41.7 Å². The number of carbonyl (C=O) groups is 1. The third-order valence-corrected chi connectivity index (χ3v) is 2.56. The number of hydrogen-bond donors (Lipinski definition) is 2. The number of furan rings is 1. The highest BCUT2D eigenvalue weighted by molar-refractivity contribution is 5.92. The number of carboxylic acid groups (broad SMARTS) is 1. The Morgan fingerprint density at radius 2 is 2.32 bits per heavy atom. The summed E-state index contributed by atoms with van der Waals surface area (Å²) in [6.45, 7) is 4.28. The Balaban J connectivity index is 2.24. The maximum Gasteiger partial charge on any atom is 0.341 e. The zero-order valence-corrected chi connectivity index (χ0v) is 10.8. The number of carboxylic acids is 1. The third kappa shape index (κ3) is 3.09. The first kappa shape index (κ1) is 13.1. The largest absolute Gasteiger partial charge is 0.477 e. The Hall–Kier alpha value is -2.37. The summed E-state index contributed by atoms with van der Waals surface area (Å²) in [5.74, 6) is 0.694. The summed E-state index contributed by atoms with van der Waals surface area (Å²) in [6, 6.07) is 3.58. The Morgan fingerprint density at radius 3 is 2.89 bits per heavy atom. The van der Waals surface area contributed by atoms with Gasteiger partial charge in [-0.15, -0.1) is 0 Å². The first-order valence-electron chi connectivity index (χ1n) is 5.94. The van der Waals surface area contributed by atoms with Gasteiger partial charge in [0.2, 0.25) is 0 Å². The summed E-state index contributed by atoms with van der Waals surface area (Å²) in [5.41, 5.74) is 0.0518. The molecule has 0 radical (unpaired) electrons. The van der Waals surface area contributed by atoms with E-state index in [-0.39, 0.29) is 11.5 Å². The van der Waals surface area contributed by atoms with E-state index in [2.05, 4.69) is 15.3 Å². The molecule has 0 saturated carbocycles. The predicted octanol–water partition coefficient (Wildman–Crippen LogP) is 2.50. The molecule has 0 aliphatic rings. The van der Waals surface area contributed by atoms with Gasteiger partial charge in [0.15, 0.2) is 0 Å². The second-order valence-electron chi connectivity index (χ2n) is 4.38. The Bertz CT molecular complexity index is 565. The molecule has 0 fully saturated rings. The van der Waals surface area contributed by atoms with Crippen LogP contribution in [0.4, 0.5) is 5.82 Å². The first-order valence-corrected chi connectivity index (χ1v) is 5.94. The minimum Gasteiger partial charge on any atom is -0.477 e. The fraction of sp³-hybridized carbons (Fsp3) is 0.308. The zero-order valence-electron chi connectivity index (χ0n) is 10.8. The van der Waals surface area contributed by atoms with Crippen molar-refractivity contribution >= 4 is 11.8 Å². The fourth-order valence-corrected chi connectivity index (χ4v) is 1.55. The van der Waals surface area contributed by atoms with Crippen molar-refractivity contribution in [2.75, 3.05) is 5.32 Å². The van der Waals surface area contributed by atoms with Crippen molar-refractivity contribution in [3.8, 4) is 0 Å². The van der Waals surface area contributed by atoms with Crippen molar-refractivity contribution in [2.24, 2.45) is 0 Å². The highest BCUT2D eigenvalue weighted by Crippen LogP contribution is 2.17.